The van der Waals surface area contributed by atoms with E-state index in [1.807, 2.05) is 0 Å². The van der Waals surface area contributed by atoms with E-state index >= 15 is 0 Å². The molecular formula is C19H20ClN3O6S. The molecule has 0 radical (unpaired) electrons. The number of nitrogens with zero attached hydrogens (tertiary/aromatic N) is 2. The molecule has 2 aromatic rings. The first kappa shape index (κ1) is 22.0. The lowest BCUT2D eigenvalue weighted by Crippen LogP contribution is -2.35. The molecule has 0 unspecified atom stereocenters. The number of carbonyl (C=O) groups excluding carboxylic acids is 1. The van der Waals surface area contributed by atoms with Crippen LogP contribution in [0.3, 0.4) is 0 Å². The summed E-state index contributed by atoms with van der Waals surface area (Å²) in [5, 5.41) is 13.5. The molecule has 1 aliphatic rings. The number of nitro groups is 1. The van der Waals surface area contributed by atoms with Gasteiger partial charge in [0.25, 0.3) is 11.6 Å². The van der Waals surface area contributed by atoms with Gasteiger partial charge in [-0.05, 0) is 43.2 Å². The normalized spacial score (nSPS) is 14.9. The van der Waals surface area contributed by atoms with Gasteiger partial charge in [-0.15, -0.1) is 0 Å². The van der Waals surface area contributed by atoms with E-state index in [0.29, 0.717) is 13.1 Å². The highest BCUT2D eigenvalue weighted by molar-refractivity contribution is 7.89. The fourth-order valence-electron chi connectivity index (χ4n) is 3.20. The Bertz CT molecular complexity index is 1080. The summed E-state index contributed by atoms with van der Waals surface area (Å²) in [4.78, 5) is 22.9. The maximum atomic E-state index is 13.1. The van der Waals surface area contributed by atoms with Crippen LogP contribution in [0.15, 0.2) is 41.3 Å². The molecule has 0 bridgehead atoms. The topological polar surface area (TPSA) is 119 Å². The molecule has 3 rings (SSSR count). The van der Waals surface area contributed by atoms with Crippen molar-refractivity contribution in [2.75, 3.05) is 25.5 Å². The van der Waals surface area contributed by atoms with Crippen LogP contribution in [0.5, 0.6) is 5.75 Å². The lowest BCUT2D eigenvalue weighted by atomic mass is 10.2. The van der Waals surface area contributed by atoms with E-state index in [2.05, 4.69) is 5.32 Å². The summed E-state index contributed by atoms with van der Waals surface area (Å²) in [7, 11) is -2.43. The molecule has 1 N–H and O–H groups in total. The maximum Gasteiger partial charge on any atom is 0.288 e. The first-order valence-electron chi connectivity index (χ1n) is 9.17. The van der Waals surface area contributed by atoms with Crippen molar-refractivity contribution >= 4 is 38.9 Å². The Morgan fingerprint density at radius 1 is 1.17 bits per heavy atom. The van der Waals surface area contributed by atoms with Gasteiger partial charge in [0.05, 0.1) is 12.0 Å². The lowest BCUT2D eigenvalue weighted by Gasteiger charge is -2.26. The lowest BCUT2D eigenvalue weighted by molar-refractivity contribution is -0.384. The molecule has 1 aliphatic heterocycles. The number of methoxy groups -OCH3 is 1. The molecule has 0 atom stereocenters. The van der Waals surface area contributed by atoms with E-state index in [-0.39, 0.29) is 26.9 Å². The molecule has 0 saturated carbocycles. The van der Waals surface area contributed by atoms with Crippen molar-refractivity contribution in [2.45, 2.75) is 24.2 Å². The van der Waals surface area contributed by atoms with E-state index in [0.717, 1.165) is 25.3 Å². The van der Waals surface area contributed by atoms with Crippen LogP contribution in [0.1, 0.15) is 29.6 Å². The molecule has 11 heteroatoms. The first-order valence-corrected chi connectivity index (χ1v) is 11.0. The molecule has 1 fully saturated rings. The Hall–Kier alpha value is -2.69. The number of nitrogens with one attached hydrogen (secondary N) is 1. The van der Waals surface area contributed by atoms with Gasteiger partial charge < -0.3 is 10.1 Å². The number of benzene rings is 2. The van der Waals surface area contributed by atoms with Crippen LogP contribution in [0.2, 0.25) is 5.02 Å². The number of amides is 1. The number of ether oxygens (including phenoxy) is 1. The summed E-state index contributed by atoms with van der Waals surface area (Å²) in [6, 6.07) is 7.94. The molecule has 1 saturated heterocycles. The molecule has 0 spiro atoms. The summed E-state index contributed by atoms with van der Waals surface area (Å²) in [5.74, 6) is -0.470. The molecular weight excluding hydrogens is 434 g/mol. The third-order valence-electron chi connectivity index (χ3n) is 4.76. The number of anilines is 1. The first-order chi connectivity index (χ1) is 14.2. The number of hydrogen-bond acceptors (Lipinski definition) is 6. The van der Waals surface area contributed by atoms with Crippen LogP contribution in [0, 0.1) is 10.1 Å². The molecule has 1 heterocycles. The number of nitro benzene ring substituents is 1. The standard InChI is InChI=1S/C19H20ClN3O6S/c1-29-17-8-6-14(12-18(17)30(27,28)22-9-3-2-4-10-22)21-19(24)13-5-7-15(20)16(11-13)23(25)26/h5-8,11-12H,2-4,9-10H2,1H3,(H,21,24). The zero-order valence-electron chi connectivity index (χ0n) is 16.1. The molecule has 160 valence electrons. The van der Waals surface area contributed by atoms with Gasteiger partial charge in [-0.1, -0.05) is 18.0 Å². The van der Waals surface area contributed by atoms with Crippen molar-refractivity contribution in [1.82, 2.24) is 4.31 Å². The van der Waals surface area contributed by atoms with Crippen LogP contribution in [-0.2, 0) is 10.0 Å². The second-order valence-corrected chi connectivity index (χ2v) is 9.02. The van der Waals surface area contributed by atoms with E-state index in [1.165, 1.54) is 41.7 Å². The predicted octanol–water partition coefficient (Wildman–Crippen LogP) is 3.68. The highest BCUT2D eigenvalue weighted by Gasteiger charge is 2.29. The van der Waals surface area contributed by atoms with Crippen LogP contribution >= 0.6 is 11.6 Å². The second kappa shape index (κ2) is 8.99. The van der Waals surface area contributed by atoms with Crippen LogP contribution in [-0.4, -0.2) is 43.8 Å². The van der Waals surface area contributed by atoms with Crippen molar-refractivity contribution in [3.05, 3.63) is 57.1 Å². The number of rotatable bonds is 6. The fraction of sp³-hybridized carbons (Fsp3) is 0.316. The largest absolute Gasteiger partial charge is 0.495 e. The molecule has 1 amide bonds. The Morgan fingerprint density at radius 2 is 1.87 bits per heavy atom. The van der Waals surface area contributed by atoms with Crippen LogP contribution in [0.4, 0.5) is 11.4 Å². The van der Waals surface area contributed by atoms with Crippen molar-refractivity contribution in [1.29, 1.82) is 0 Å². The number of piperidine rings is 1. The number of carbonyl (C=O) groups is 1. The molecule has 0 aliphatic carbocycles. The molecule has 2 aromatic carbocycles. The minimum Gasteiger partial charge on any atom is -0.495 e. The Balaban J connectivity index is 1.91. The number of hydrogen-bond donors (Lipinski definition) is 1. The second-order valence-electron chi connectivity index (χ2n) is 6.71. The predicted molar refractivity (Wildman–Crippen MR) is 112 cm³/mol. The highest BCUT2D eigenvalue weighted by Crippen LogP contribution is 2.31. The smallest absolute Gasteiger partial charge is 0.288 e. The van der Waals surface area contributed by atoms with Crippen molar-refractivity contribution in [3.63, 3.8) is 0 Å². The average Bonchev–Trinajstić information content (AvgIpc) is 2.74. The quantitative estimate of drug-likeness (QED) is 0.526. The minimum atomic E-state index is -3.80. The molecule has 0 aromatic heterocycles. The summed E-state index contributed by atoms with van der Waals surface area (Å²) in [6.07, 6.45) is 2.55. The fourth-order valence-corrected chi connectivity index (χ4v) is 5.08. The van der Waals surface area contributed by atoms with Crippen molar-refractivity contribution < 1.29 is 22.9 Å². The monoisotopic (exact) mass is 453 g/mol. The molecule has 9 nitrogen and oxygen atoms in total. The van der Waals surface area contributed by atoms with Gasteiger partial charge in [0.1, 0.15) is 15.7 Å². The summed E-state index contributed by atoms with van der Waals surface area (Å²) >= 11 is 5.78. The number of sulfonamides is 1. The van der Waals surface area contributed by atoms with Gasteiger partial charge >= 0.3 is 0 Å². The third kappa shape index (κ3) is 4.55. The summed E-state index contributed by atoms with van der Waals surface area (Å²) < 4.78 is 32.8. The van der Waals surface area contributed by atoms with E-state index in [1.54, 1.807) is 0 Å². The van der Waals surface area contributed by atoms with Gasteiger partial charge in [0, 0.05) is 30.4 Å². The van der Waals surface area contributed by atoms with Gasteiger partial charge in [-0.25, -0.2) is 8.42 Å². The summed E-state index contributed by atoms with van der Waals surface area (Å²) in [6.45, 7) is 0.854. The Labute approximate surface area is 178 Å². The van der Waals surface area contributed by atoms with E-state index in [9.17, 15) is 23.3 Å². The Morgan fingerprint density at radius 3 is 2.50 bits per heavy atom. The van der Waals surface area contributed by atoms with Gasteiger partial charge in [-0.2, -0.15) is 4.31 Å². The van der Waals surface area contributed by atoms with E-state index in [4.69, 9.17) is 16.3 Å². The molecule has 30 heavy (non-hydrogen) atoms. The maximum absolute atomic E-state index is 13.1. The van der Waals surface area contributed by atoms with Crippen LogP contribution in [0.25, 0.3) is 0 Å². The SMILES string of the molecule is COc1ccc(NC(=O)c2ccc(Cl)c([N+](=O)[O-])c2)cc1S(=O)(=O)N1CCCCC1. The van der Waals surface area contributed by atoms with Gasteiger partial charge in [0.2, 0.25) is 10.0 Å². The van der Waals surface area contributed by atoms with Gasteiger partial charge in [-0.3, -0.25) is 14.9 Å². The number of halogens is 1. The van der Waals surface area contributed by atoms with Crippen molar-refractivity contribution in [2.24, 2.45) is 0 Å². The summed E-state index contributed by atoms with van der Waals surface area (Å²) in [5.41, 5.74) is -0.163. The van der Waals surface area contributed by atoms with Gasteiger partial charge in [0.15, 0.2) is 0 Å². The average molecular weight is 454 g/mol. The minimum absolute atomic E-state index is 0.0161. The highest BCUT2D eigenvalue weighted by atomic mass is 35.5. The zero-order chi connectivity index (χ0) is 21.9. The third-order valence-corrected chi connectivity index (χ3v) is 7.00. The zero-order valence-corrected chi connectivity index (χ0v) is 17.7. The Kier molecular flexibility index (Phi) is 6.59. The van der Waals surface area contributed by atoms with Crippen LogP contribution < -0.4 is 10.1 Å². The van der Waals surface area contributed by atoms with Crippen molar-refractivity contribution in [3.8, 4) is 5.75 Å². The van der Waals surface area contributed by atoms with E-state index < -0.39 is 26.5 Å².